The number of rotatable bonds is 2. The summed E-state index contributed by atoms with van der Waals surface area (Å²) in [4.78, 5) is 1.28. The van der Waals surface area contributed by atoms with Crippen molar-refractivity contribution in [1.29, 1.82) is 0 Å². The molecule has 0 fully saturated rings. The van der Waals surface area contributed by atoms with Crippen LogP contribution in [0, 0.1) is 0 Å². The molecule has 1 heterocycles. The lowest BCUT2D eigenvalue weighted by Crippen LogP contribution is -1.64. The number of allylic oxidation sites excluding steroid dienone is 6. The first-order valence-electron chi connectivity index (χ1n) is 4.15. The van der Waals surface area contributed by atoms with E-state index in [0.29, 0.717) is 0 Å². The molecular weight excluding hydrogens is 176 g/mol. The molecule has 0 aromatic carbocycles. The van der Waals surface area contributed by atoms with Crippen LogP contribution in [0.2, 0.25) is 0 Å². The molecule has 0 amide bonds. The van der Waals surface area contributed by atoms with Crippen molar-refractivity contribution in [3.05, 3.63) is 64.4 Å². The van der Waals surface area contributed by atoms with E-state index in [0.717, 1.165) is 5.57 Å². The number of thiophene rings is 1. The van der Waals surface area contributed by atoms with Crippen molar-refractivity contribution in [3.63, 3.8) is 0 Å². The van der Waals surface area contributed by atoms with Crippen LogP contribution in [0.5, 0.6) is 0 Å². The van der Waals surface area contributed by atoms with Gasteiger partial charge in [0.15, 0.2) is 0 Å². The highest BCUT2D eigenvalue weighted by Gasteiger charge is 1.95. The van der Waals surface area contributed by atoms with Gasteiger partial charge in [0, 0.05) is 6.30 Å². The molecular formula is C12H12S. The summed E-state index contributed by atoms with van der Waals surface area (Å²) >= 11 is 1.75. The molecule has 2 rings (SSSR count). The van der Waals surface area contributed by atoms with Crippen LogP contribution in [-0.2, 0) is 0 Å². The maximum atomic E-state index is 3.85. The second-order valence-corrected chi connectivity index (χ2v) is 3.88. The van der Waals surface area contributed by atoms with E-state index in [1.807, 2.05) is 6.08 Å². The Hall–Kier alpha value is -1.34. The van der Waals surface area contributed by atoms with Crippen molar-refractivity contribution < 1.29 is 1.43 Å². The van der Waals surface area contributed by atoms with E-state index in [2.05, 4.69) is 48.4 Å². The second-order valence-electron chi connectivity index (χ2n) is 2.90. The Morgan fingerprint density at radius 2 is 2.23 bits per heavy atom. The Morgan fingerprint density at radius 1 is 1.31 bits per heavy atom. The van der Waals surface area contributed by atoms with Crippen LogP contribution in [-0.4, -0.2) is 0 Å². The van der Waals surface area contributed by atoms with Gasteiger partial charge in [-0.1, -0.05) is 30.9 Å². The Bertz CT molecular complexity index is 394. The van der Waals surface area contributed by atoms with Gasteiger partial charge in [0.05, 0.1) is 0 Å². The zero-order valence-electron chi connectivity index (χ0n) is 7.23. The van der Waals surface area contributed by atoms with Gasteiger partial charge >= 0.3 is 0 Å². The third-order valence-corrected chi connectivity index (χ3v) is 2.66. The highest BCUT2D eigenvalue weighted by Crippen LogP contribution is 2.17. The van der Waals surface area contributed by atoms with Gasteiger partial charge in [0.25, 0.3) is 0 Å². The van der Waals surface area contributed by atoms with Gasteiger partial charge in [-0.3, -0.25) is 0 Å². The minimum atomic E-state index is 0. The van der Waals surface area contributed by atoms with Crippen LogP contribution < -0.4 is 0 Å². The monoisotopic (exact) mass is 188 g/mol. The van der Waals surface area contributed by atoms with E-state index in [1.165, 1.54) is 10.5 Å². The first-order valence-corrected chi connectivity index (χ1v) is 5.03. The molecule has 0 saturated heterocycles. The summed E-state index contributed by atoms with van der Waals surface area (Å²) in [5.74, 6) is 0. The van der Waals surface area contributed by atoms with E-state index < -0.39 is 0 Å². The molecule has 1 aliphatic rings. The molecule has 0 spiro atoms. The van der Waals surface area contributed by atoms with Crippen molar-refractivity contribution in [2.45, 2.75) is 0 Å². The van der Waals surface area contributed by atoms with Crippen LogP contribution in [0.15, 0.2) is 59.5 Å². The van der Waals surface area contributed by atoms with Gasteiger partial charge in [-0.2, -0.15) is 0 Å². The summed E-state index contributed by atoms with van der Waals surface area (Å²) in [5.41, 5.74) is 2.30. The molecule has 1 aliphatic carbocycles. The highest BCUT2D eigenvalue weighted by molar-refractivity contribution is 7.10. The van der Waals surface area contributed by atoms with E-state index in [9.17, 15) is 0 Å². The third-order valence-electron chi connectivity index (χ3n) is 1.83. The predicted molar refractivity (Wildman–Crippen MR) is 61.8 cm³/mol. The fourth-order valence-electron chi connectivity index (χ4n) is 1.18. The average molecular weight is 188 g/mol. The average Bonchev–Trinajstić information content (AvgIpc) is 2.71. The van der Waals surface area contributed by atoms with E-state index >= 15 is 0 Å². The van der Waals surface area contributed by atoms with Crippen molar-refractivity contribution in [1.82, 2.24) is 0 Å². The van der Waals surface area contributed by atoms with Crippen molar-refractivity contribution in [3.8, 4) is 0 Å². The molecule has 0 radical (unpaired) electrons. The zero-order chi connectivity index (χ0) is 9.10. The Morgan fingerprint density at radius 3 is 2.85 bits per heavy atom. The lowest BCUT2D eigenvalue weighted by atomic mass is 10.2. The fourth-order valence-corrected chi connectivity index (χ4v) is 1.80. The standard InChI is InChI=1S/C12H10S.H2/c1-10-4-5-11(9-10)6-7-12-3-2-8-13-12;/h2-9H,1H2;1H/b7-6+;. The Labute approximate surface area is 83.7 Å². The minimum absolute atomic E-state index is 0. The molecule has 0 atom stereocenters. The van der Waals surface area contributed by atoms with Gasteiger partial charge in [-0.05, 0) is 34.7 Å². The Kier molecular flexibility index (Phi) is 2.28. The highest BCUT2D eigenvalue weighted by atomic mass is 32.1. The first-order chi connectivity index (χ1) is 6.34. The predicted octanol–water partition coefficient (Wildman–Crippen LogP) is 4.06. The largest absolute Gasteiger partial charge is 0.144 e. The lowest BCUT2D eigenvalue weighted by molar-refractivity contribution is 1.77. The van der Waals surface area contributed by atoms with Crippen LogP contribution >= 0.6 is 11.3 Å². The molecule has 1 aromatic rings. The van der Waals surface area contributed by atoms with Gasteiger partial charge < -0.3 is 0 Å². The van der Waals surface area contributed by atoms with E-state index in [-0.39, 0.29) is 1.43 Å². The van der Waals surface area contributed by atoms with Crippen molar-refractivity contribution >= 4 is 17.4 Å². The molecule has 1 aromatic heterocycles. The van der Waals surface area contributed by atoms with Gasteiger partial charge in [0.2, 0.25) is 0 Å². The first kappa shape index (κ1) is 8.27. The van der Waals surface area contributed by atoms with Gasteiger partial charge in [0.1, 0.15) is 0 Å². The van der Waals surface area contributed by atoms with E-state index in [1.54, 1.807) is 11.3 Å². The summed E-state index contributed by atoms with van der Waals surface area (Å²) in [6.45, 7) is 3.85. The summed E-state index contributed by atoms with van der Waals surface area (Å²) in [6, 6.07) is 4.16. The second kappa shape index (κ2) is 3.58. The molecule has 0 N–H and O–H groups in total. The fraction of sp³-hybridized carbons (Fsp3) is 0. The summed E-state index contributed by atoms with van der Waals surface area (Å²) in [6.07, 6.45) is 10.4. The number of hydrogen-bond acceptors (Lipinski definition) is 1. The third kappa shape index (κ3) is 2.07. The maximum Gasteiger partial charge on any atom is 0.0270 e. The lowest BCUT2D eigenvalue weighted by Gasteiger charge is -1.85. The summed E-state index contributed by atoms with van der Waals surface area (Å²) in [7, 11) is 0. The molecule has 0 bridgehead atoms. The minimum Gasteiger partial charge on any atom is -0.144 e. The van der Waals surface area contributed by atoms with Crippen LogP contribution in [0.3, 0.4) is 0 Å². The smallest absolute Gasteiger partial charge is 0.0270 e. The zero-order valence-corrected chi connectivity index (χ0v) is 8.05. The molecule has 0 aliphatic heterocycles. The van der Waals surface area contributed by atoms with Crippen LogP contribution in [0.1, 0.15) is 6.30 Å². The summed E-state index contributed by atoms with van der Waals surface area (Å²) < 4.78 is 0. The van der Waals surface area contributed by atoms with Gasteiger partial charge in [-0.25, -0.2) is 0 Å². The summed E-state index contributed by atoms with van der Waals surface area (Å²) in [5, 5.41) is 2.08. The topological polar surface area (TPSA) is 0 Å². The number of hydrogen-bond donors (Lipinski definition) is 0. The van der Waals surface area contributed by atoms with Crippen molar-refractivity contribution in [2.75, 3.05) is 0 Å². The molecule has 66 valence electrons. The SMILES string of the molecule is C=C1C=CC(/C=C/c2cccs2)=C1.[HH]. The van der Waals surface area contributed by atoms with Crippen LogP contribution in [0.4, 0.5) is 0 Å². The molecule has 13 heavy (non-hydrogen) atoms. The van der Waals surface area contributed by atoms with Crippen LogP contribution in [0.25, 0.3) is 6.08 Å². The molecule has 0 unspecified atom stereocenters. The van der Waals surface area contributed by atoms with Gasteiger partial charge in [-0.15, -0.1) is 11.3 Å². The van der Waals surface area contributed by atoms with Crippen molar-refractivity contribution in [2.24, 2.45) is 0 Å². The molecule has 0 nitrogen and oxygen atoms in total. The maximum absolute atomic E-state index is 3.85. The quantitative estimate of drug-likeness (QED) is 0.656. The van der Waals surface area contributed by atoms with E-state index in [4.69, 9.17) is 0 Å². The Balaban J connectivity index is 0.000000980. The normalized spacial score (nSPS) is 15.7. The molecule has 0 saturated carbocycles. The molecule has 1 heteroatoms.